The van der Waals surface area contributed by atoms with Gasteiger partial charge in [0, 0.05) is 22.2 Å². The molecule has 28 heavy (non-hydrogen) atoms. The van der Waals surface area contributed by atoms with Gasteiger partial charge in [0.1, 0.15) is 22.8 Å². The number of halogens is 1. The maximum atomic E-state index is 12.4. The number of carbonyl (C=O) groups excluding carboxylic acids is 1. The van der Waals surface area contributed by atoms with Gasteiger partial charge in [-0.2, -0.15) is 0 Å². The van der Waals surface area contributed by atoms with Gasteiger partial charge in [-0.15, -0.1) is 0 Å². The summed E-state index contributed by atoms with van der Waals surface area (Å²) in [5, 5.41) is 4.17. The molecule has 0 bridgehead atoms. The number of nitrogens with one attached hydrogen (secondary N) is 1. The van der Waals surface area contributed by atoms with Gasteiger partial charge < -0.3 is 19.2 Å². The number of carbonyl (C=O) groups is 1. The number of methoxy groups -OCH3 is 1. The Morgan fingerprint density at radius 3 is 2.50 bits per heavy atom. The fourth-order valence-electron chi connectivity index (χ4n) is 2.73. The van der Waals surface area contributed by atoms with Crippen LogP contribution in [0, 0.1) is 0 Å². The van der Waals surface area contributed by atoms with Gasteiger partial charge in [-0.1, -0.05) is 17.7 Å². The van der Waals surface area contributed by atoms with E-state index in [0.717, 1.165) is 5.39 Å². The van der Waals surface area contributed by atoms with E-state index in [1.54, 1.807) is 61.7 Å². The Bertz CT molecular complexity index is 1130. The second kappa shape index (κ2) is 7.66. The molecule has 3 aromatic carbocycles. The third kappa shape index (κ3) is 3.94. The highest BCUT2D eigenvalue weighted by Crippen LogP contribution is 2.27. The Morgan fingerprint density at radius 2 is 1.71 bits per heavy atom. The fourth-order valence-corrected chi connectivity index (χ4v) is 2.91. The number of anilines is 1. The third-order valence-electron chi connectivity index (χ3n) is 4.09. The molecule has 140 valence electrons. The van der Waals surface area contributed by atoms with Crippen LogP contribution in [-0.4, -0.2) is 13.0 Å². The molecule has 6 heteroatoms. The van der Waals surface area contributed by atoms with Gasteiger partial charge in [0.15, 0.2) is 5.76 Å². The number of ether oxygens (including phenoxy) is 2. The van der Waals surface area contributed by atoms with E-state index in [2.05, 4.69) is 5.32 Å². The van der Waals surface area contributed by atoms with Gasteiger partial charge in [-0.3, -0.25) is 4.79 Å². The van der Waals surface area contributed by atoms with E-state index in [4.69, 9.17) is 25.5 Å². The normalized spacial score (nSPS) is 10.6. The zero-order valence-corrected chi connectivity index (χ0v) is 15.7. The predicted octanol–water partition coefficient (Wildman–Crippen LogP) is 6.14. The highest BCUT2D eigenvalue weighted by Gasteiger charge is 2.13. The van der Waals surface area contributed by atoms with Crippen LogP contribution in [0.1, 0.15) is 10.6 Å². The molecular weight excluding hydrogens is 378 g/mol. The number of fused-ring (bicyclic) bond motifs is 1. The molecule has 0 aliphatic carbocycles. The molecule has 0 fully saturated rings. The number of hydrogen-bond donors (Lipinski definition) is 1. The quantitative estimate of drug-likeness (QED) is 0.442. The number of furan rings is 1. The van der Waals surface area contributed by atoms with E-state index in [0.29, 0.717) is 33.5 Å². The summed E-state index contributed by atoms with van der Waals surface area (Å²) in [4.78, 5) is 12.4. The molecule has 0 spiro atoms. The minimum atomic E-state index is -0.339. The van der Waals surface area contributed by atoms with Gasteiger partial charge in [0.2, 0.25) is 0 Å². The second-order valence-corrected chi connectivity index (χ2v) is 6.49. The molecule has 1 amide bonds. The van der Waals surface area contributed by atoms with Crippen LogP contribution in [0.2, 0.25) is 5.02 Å². The molecular formula is C22H16ClNO4. The highest BCUT2D eigenvalue weighted by molar-refractivity contribution is 6.31. The van der Waals surface area contributed by atoms with Gasteiger partial charge in [-0.05, 0) is 60.7 Å². The summed E-state index contributed by atoms with van der Waals surface area (Å²) in [5.41, 5.74) is 1.23. The van der Waals surface area contributed by atoms with Crippen molar-refractivity contribution in [2.24, 2.45) is 0 Å². The molecule has 1 N–H and O–H groups in total. The Kier molecular flexibility index (Phi) is 4.91. The number of benzene rings is 3. The molecule has 0 saturated heterocycles. The Hall–Kier alpha value is -3.44. The summed E-state index contributed by atoms with van der Waals surface area (Å²) in [6, 6.07) is 21.3. The highest BCUT2D eigenvalue weighted by atomic mass is 35.5. The summed E-state index contributed by atoms with van der Waals surface area (Å²) in [5.74, 6) is 1.90. The van der Waals surface area contributed by atoms with E-state index in [-0.39, 0.29) is 11.7 Å². The van der Waals surface area contributed by atoms with Crippen LogP contribution in [0.3, 0.4) is 0 Å². The number of amides is 1. The van der Waals surface area contributed by atoms with E-state index < -0.39 is 0 Å². The van der Waals surface area contributed by atoms with Gasteiger partial charge in [0.05, 0.1) is 7.11 Å². The van der Waals surface area contributed by atoms with Gasteiger partial charge in [-0.25, -0.2) is 0 Å². The average molecular weight is 394 g/mol. The molecule has 0 aliphatic heterocycles. The van der Waals surface area contributed by atoms with Gasteiger partial charge in [0.25, 0.3) is 5.91 Å². The van der Waals surface area contributed by atoms with Crippen molar-refractivity contribution in [1.29, 1.82) is 0 Å². The summed E-state index contributed by atoms with van der Waals surface area (Å²) in [6.45, 7) is 0. The predicted molar refractivity (Wildman–Crippen MR) is 109 cm³/mol. The SMILES string of the molecule is COc1cccc(Oc2ccc(NC(=O)c3cc4cc(Cl)ccc4o3)cc2)c1. The topological polar surface area (TPSA) is 60.7 Å². The molecule has 0 unspecified atom stereocenters. The Balaban J connectivity index is 1.45. The van der Waals surface area contributed by atoms with Crippen molar-refractivity contribution in [3.8, 4) is 17.2 Å². The van der Waals surface area contributed by atoms with Crippen LogP contribution in [-0.2, 0) is 0 Å². The lowest BCUT2D eigenvalue weighted by molar-refractivity contribution is 0.0998. The fraction of sp³-hybridized carbons (Fsp3) is 0.0455. The van der Waals surface area contributed by atoms with Crippen LogP contribution in [0.4, 0.5) is 5.69 Å². The summed E-state index contributed by atoms with van der Waals surface area (Å²) in [6.07, 6.45) is 0. The first-order chi connectivity index (χ1) is 13.6. The van der Waals surface area contributed by atoms with Crippen LogP contribution in [0.15, 0.2) is 77.2 Å². The Morgan fingerprint density at radius 1 is 0.929 bits per heavy atom. The maximum Gasteiger partial charge on any atom is 0.291 e. The van der Waals surface area contributed by atoms with Crippen LogP contribution < -0.4 is 14.8 Å². The smallest absolute Gasteiger partial charge is 0.291 e. The monoisotopic (exact) mass is 393 g/mol. The van der Waals surface area contributed by atoms with Gasteiger partial charge >= 0.3 is 0 Å². The second-order valence-electron chi connectivity index (χ2n) is 6.05. The first-order valence-corrected chi connectivity index (χ1v) is 8.91. The first kappa shape index (κ1) is 17.9. The number of hydrogen-bond acceptors (Lipinski definition) is 4. The van der Waals surface area contributed by atoms with Crippen LogP contribution in [0.5, 0.6) is 17.2 Å². The van der Waals surface area contributed by atoms with Crippen molar-refractivity contribution in [1.82, 2.24) is 0 Å². The van der Waals surface area contributed by atoms with E-state index in [1.165, 1.54) is 0 Å². The van der Waals surface area contributed by atoms with Crippen LogP contribution in [0.25, 0.3) is 11.0 Å². The molecule has 4 aromatic rings. The third-order valence-corrected chi connectivity index (χ3v) is 4.33. The lowest BCUT2D eigenvalue weighted by Gasteiger charge is -2.08. The zero-order chi connectivity index (χ0) is 19.5. The molecule has 1 heterocycles. The largest absolute Gasteiger partial charge is 0.497 e. The Labute approximate surface area is 166 Å². The van der Waals surface area contributed by atoms with E-state index in [1.807, 2.05) is 18.2 Å². The molecule has 4 rings (SSSR count). The summed E-state index contributed by atoms with van der Waals surface area (Å²) in [7, 11) is 1.60. The van der Waals surface area contributed by atoms with E-state index >= 15 is 0 Å². The number of rotatable bonds is 5. The molecule has 0 aliphatic rings. The standard InChI is InChI=1S/C22H16ClNO4/c1-26-18-3-2-4-19(13-18)27-17-8-6-16(7-9-17)24-22(25)21-12-14-11-15(23)5-10-20(14)28-21/h2-13H,1H3,(H,24,25). The summed E-state index contributed by atoms with van der Waals surface area (Å²) < 4.78 is 16.5. The maximum absolute atomic E-state index is 12.4. The lowest BCUT2D eigenvalue weighted by Crippen LogP contribution is -2.10. The lowest BCUT2D eigenvalue weighted by atomic mass is 10.2. The minimum Gasteiger partial charge on any atom is -0.497 e. The zero-order valence-electron chi connectivity index (χ0n) is 14.9. The first-order valence-electron chi connectivity index (χ1n) is 8.53. The summed E-state index contributed by atoms with van der Waals surface area (Å²) >= 11 is 5.97. The average Bonchev–Trinajstić information content (AvgIpc) is 3.13. The van der Waals surface area contributed by atoms with Crippen molar-refractivity contribution in [2.75, 3.05) is 12.4 Å². The van der Waals surface area contributed by atoms with Crippen molar-refractivity contribution in [3.63, 3.8) is 0 Å². The molecule has 5 nitrogen and oxygen atoms in total. The molecule has 1 aromatic heterocycles. The molecule has 0 radical (unpaired) electrons. The van der Waals surface area contributed by atoms with Crippen molar-refractivity contribution in [3.05, 3.63) is 83.6 Å². The van der Waals surface area contributed by atoms with Crippen molar-refractivity contribution in [2.45, 2.75) is 0 Å². The van der Waals surface area contributed by atoms with Crippen LogP contribution >= 0.6 is 11.6 Å². The van der Waals surface area contributed by atoms with Crippen molar-refractivity contribution >= 4 is 34.2 Å². The minimum absolute atomic E-state index is 0.217. The van der Waals surface area contributed by atoms with Crippen molar-refractivity contribution < 1.29 is 18.7 Å². The van der Waals surface area contributed by atoms with E-state index in [9.17, 15) is 4.79 Å². The molecule has 0 saturated carbocycles. The molecule has 0 atom stereocenters.